The Morgan fingerprint density at radius 3 is 3.00 bits per heavy atom. The van der Waals surface area contributed by atoms with Gasteiger partial charge in [0, 0.05) is 31.4 Å². The summed E-state index contributed by atoms with van der Waals surface area (Å²) in [6.45, 7) is 2.68. The molecule has 0 fully saturated rings. The molecule has 0 aliphatic carbocycles. The lowest BCUT2D eigenvalue weighted by atomic mass is 10.1. The standard InChI is InChI=1S/C16H19N3O/c1-13-5-2-3-6-14(13)8-9-16(20)19-10-4-7-15-17-11-12-18-15/h2-3,5-6,8-9,11-12H,4,7,10H2,1H3,(H,17,18)(H,19,20)/b9-8+. The van der Waals surface area contributed by atoms with E-state index in [1.807, 2.05) is 37.3 Å². The SMILES string of the molecule is Cc1ccccc1/C=C/C(=O)NCCCc1ncc[nH]1. The quantitative estimate of drug-likeness (QED) is 0.625. The first kappa shape index (κ1) is 14.1. The van der Waals surface area contributed by atoms with E-state index < -0.39 is 0 Å². The molecule has 2 rings (SSSR count). The minimum Gasteiger partial charge on any atom is -0.353 e. The molecule has 1 aromatic heterocycles. The van der Waals surface area contributed by atoms with Crippen LogP contribution in [0, 0.1) is 6.92 Å². The summed E-state index contributed by atoms with van der Waals surface area (Å²) >= 11 is 0. The van der Waals surface area contributed by atoms with Crippen molar-refractivity contribution in [2.75, 3.05) is 6.54 Å². The van der Waals surface area contributed by atoms with Crippen molar-refractivity contribution in [3.63, 3.8) is 0 Å². The zero-order chi connectivity index (χ0) is 14.2. The van der Waals surface area contributed by atoms with Crippen molar-refractivity contribution in [3.05, 3.63) is 59.7 Å². The van der Waals surface area contributed by atoms with Crippen LogP contribution in [-0.2, 0) is 11.2 Å². The number of nitrogens with one attached hydrogen (secondary N) is 2. The number of nitrogens with zero attached hydrogens (tertiary/aromatic N) is 1. The molecular weight excluding hydrogens is 250 g/mol. The summed E-state index contributed by atoms with van der Waals surface area (Å²) in [5, 5.41) is 2.87. The topological polar surface area (TPSA) is 57.8 Å². The molecule has 0 saturated heterocycles. The van der Waals surface area contributed by atoms with Gasteiger partial charge in [0.25, 0.3) is 0 Å². The number of benzene rings is 1. The second-order valence-electron chi connectivity index (χ2n) is 4.62. The van der Waals surface area contributed by atoms with Gasteiger partial charge >= 0.3 is 0 Å². The summed E-state index contributed by atoms with van der Waals surface area (Å²) in [5.74, 6) is 0.891. The molecule has 2 N–H and O–H groups in total. The molecule has 0 aliphatic heterocycles. The van der Waals surface area contributed by atoms with Crippen LogP contribution >= 0.6 is 0 Å². The summed E-state index contributed by atoms with van der Waals surface area (Å²) < 4.78 is 0. The summed E-state index contributed by atoms with van der Waals surface area (Å²) in [6.07, 6.45) is 8.68. The minimum atomic E-state index is -0.0623. The lowest BCUT2D eigenvalue weighted by molar-refractivity contribution is -0.116. The first-order valence-electron chi connectivity index (χ1n) is 6.75. The number of rotatable bonds is 6. The van der Waals surface area contributed by atoms with Gasteiger partial charge in [-0.3, -0.25) is 4.79 Å². The summed E-state index contributed by atoms with van der Waals surface area (Å²) in [6, 6.07) is 7.98. The molecule has 0 radical (unpaired) electrons. The molecule has 4 nitrogen and oxygen atoms in total. The molecule has 0 unspecified atom stereocenters. The van der Waals surface area contributed by atoms with Crippen molar-refractivity contribution in [3.8, 4) is 0 Å². The van der Waals surface area contributed by atoms with E-state index in [9.17, 15) is 4.79 Å². The predicted molar refractivity (Wildman–Crippen MR) is 80.1 cm³/mol. The number of aryl methyl sites for hydroxylation is 2. The molecule has 0 saturated carbocycles. The number of aromatic amines is 1. The number of aromatic nitrogens is 2. The fraction of sp³-hybridized carbons (Fsp3) is 0.250. The Hall–Kier alpha value is -2.36. The molecule has 0 aliphatic rings. The smallest absolute Gasteiger partial charge is 0.243 e. The molecule has 1 aromatic carbocycles. The van der Waals surface area contributed by atoms with Crippen LogP contribution in [0.2, 0.25) is 0 Å². The number of H-pyrrole nitrogens is 1. The maximum atomic E-state index is 11.7. The van der Waals surface area contributed by atoms with Crippen LogP contribution in [0.4, 0.5) is 0 Å². The van der Waals surface area contributed by atoms with E-state index >= 15 is 0 Å². The predicted octanol–water partition coefficient (Wildman–Crippen LogP) is 2.48. The molecule has 0 atom stereocenters. The van der Waals surface area contributed by atoms with E-state index in [1.165, 1.54) is 0 Å². The second kappa shape index (κ2) is 7.28. The Morgan fingerprint density at radius 2 is 2.25 bits per heavy atom. The molecule has 0 spiro atoms. The summed E-state index contributed by atoms with van der Waals surface area (Å²) in [4.78, 5) is 18.8. The number of hydrogen-bond acceptors (Lipinski definition) is 2. The highest BCUT2D eigenvalue weighted by Crippen LogP contribution is 2.08. The van der Waals surface area contributed by atoms with Gasteiger partial charge in [-0.15, -0.1) is 0 Å². The van der Waals surface area contributed by atoms with Crippen LogP contribution in [0.5, 0.6) is 0 Å². The third-order valence-electron chi connectivity index (χ3n) is 3.05. The number of hydrogen-bond donors (Lipinski definition) is 2. The van der Waals surface area contributed by atoms with E-state index in [0.29, 0.717) is 6.54 Å². The van der Waals surface area contributed by atoms with E-state index in [1.54, 1.807) is 18.5 Å². The average Bonchev–Trinajstić information content (AvgIpc) is 2.96. The normalized spacial score (nSPS) is 10.8. The van der Waals surface area contributed by atoms with E-state index in [4.69, 9.17) is 0 Å². The van der Waals surface area contributed by atoms with Gasteiger partial charge in [-0.05, 0) is 30.5 Å². The van der Waals surface area contributed by atoms with Crippen molar-refractivity contribution >= 4 is 12.0 Å². The Kier molecular flexibility index (Phi) is 5.12. The monoisotopic (exact) mass is 269 g/mol. The fourth-order valence-electron chi connectivity index (χ4n) is 1.90. The van der Waals surface area contributed by atoms with Gasteiger partial charge in [0.2, 0.25) is 5.91 Å². The average molecular weight is 269 g/mol. The highest BCUT2D eigenvalue weighted by Gasteiger charge is 1.98. The lowest BCUT2D eigenvalue weighted by Crippen LogP contribution is -2.22. The van der Waals surface area contributed by atoms with Crippen molar-refractivity contribution in [2.24, 2.45) is 0 Å². The fourth-order valence-corrected chi connectivity index (χ4v) is 1.90. The molecule has 1 heterocycles. The maximum Gasteiger partial charge on any atom is 0.243 e. The van der Waals surface area contributed by atoms with Crippen molar-refractivity contribution < 1.29 is 4.79 Å². The van der Waals surface area contributed by atoms with Crippen LogP contribution in [0.15, 0.2) is 42.7 Å². The van der Waals surface area contributed by atoms with Gasteiger partial charge in [-0.2, -0.15) is 0 Å². The number of imidazole rings is 1. The summed E-state index contributed by atoms with van der Waals surface area (Å²) in [7, 11) is 0. The molecule has 4 heteroatoms. The second-order valence-corrected chi connectivity index (χ2v) is 4.62. The van der Waals surface area contributed by atoms with Gasteiger partial charge in [-0.1, -0.05) is 24.3 Å². The summed E-state index contributed by atoms with van der Waals surface area (Å²) in [5.41, 5.74) is 2.23. The largest absolute Gasteiger partial charge is 0.353 e. The van der Waals surface area contributed by atoms with Gasteiger partial charge < -0.3 is 10.3 Å². The molecule has 2 aromatic rings. The van der Waals surface area contributed by atoms with Crippen LogP contribution in [0.25, 0.3) is 6.08 Å². The highest BCUT2D eigenvalue weighted by atomic mass is 16.1. The molecule has 1 amide bonds. The van der Waals surface area contributed by atoms with E-state index in [0.717, 1.165) is 29.8 Å². The zero-order valence-electron chi connectivity index (χ0n) is 11.6. The number of carbonyl (C=O) groups is 1. The van der Waals surface area contributed by atoms with Crippen molar-refractivity contribution in [1.82, 2.24) is 15.3 Å². The molecule has 20 heavy (non-hydrogen) atoms. The first-order valence-corrected chi connectivity index (χ1v) is 6.75. The van der Waals surface area contributed by atoms with Crippen molar-refractivity contribution in [1.29, 1.82) is 0 Å². The third-order valence-corrected chi connectivity index (χ3v) is 3.05. The van der Waals surface area contributed by atoms with E-state index in [2.05, 4.69) is 15.3 Å². The third kappa shape index (κ3) is 4.39. The Balaban J connectivity index is 1.71. The van der Waals surface area contributed by atoms with Crippen LogP contribution in [-0.4, -0.2) is 22.4 Å². The Morgan fingerprint density at radius 1 is 1.40 bits per heavy atom. The molecule has 0 bridgehead atoms. The maximum absolute atomic E-state index is 11.7. The number of amides is 1. The molecule has 104 valence electrons. The highest BCUT2D eigenvalue weighted by molar-refractivity contribution is 5.91. The van der Waals surface area contributed by atoms with Gasteiger partial charge in [0.05, 0.1) is 0 Å². The Labute approximate surface area is 118 Å². The molecular formula is C16H19N3O. The van der Waals surface area contributed by atoms with Crippen LogP contribution in [0.1, 0.15) is 23.4 Å². The Bertz CT molecular complexity index is 573. The lowest BCUT2D eigenvalue weighted by Gasteiger charge is -2.01. The zero-order valence-corrected chi connectivity index (χ0v) is 11.6. The van der Waals surface area contributed by atoms with E-state index in [-0.39, 0.29) is 5.91 Å². The van der Waals surface area contributed by atoms with Gasteiger partial charge in [-0.25, -0.2) is 4.98 Å². The van der Waals surface area contributed by atoms with Crippen LogP contribution in [0.3, 0.4) is 0 Å². The van der Waals surface area contributed by atoms with Crippen LogP contribution < -0.4 is 5.32 Å². The first-order chi connectivity index (χ1) is 9.75. The minimum absolute atomic E-state index is 0.0623. The van der Waals surface area contributed by atoms with Gasteiger partial charge in [0.15, 0.2) is 0 Å². The number of carbonyl (C=O) groups excluding carboxylic acids is 1. The van der Waals surface area contributed by atoms with Crippen molar-refractivity contribution in [2.45, 2.75) is 19.8 Å². The van der Waals surface area contributed by atoms with Gasteiger partial charge in [0.1, 0.15) is 5.82 Å².